The summed E-state index contributed by atoms with van der Waals surface area (Å²) in [7, 11) is -2.17. The molecule has 0 aliphatic heterocycles. The minimum atomic E-state index is -2.17. The third kappa shape index (κ3) is 30500. The van der Waals surface area contributed by atoms with Crippen LogP contribution in [0.1, 0.15) is 20.8 Å². The Labute approximate surface area is 55.5 Å². The van der Waals surface area contributed by atoms with Gasteiger partial charge in [-0.2, -0.15) is 0 Å². The van der Waals surface area contributed by atoms with Crippen molar-refractivity contribution in [2.45, 2.75) is 26.3 Å². The Bertz CT molecular complexity index is 52.6. The van der Waals surface area contributed by atoms with Crippen LogP contribution in [-0.4, -0.2) is 27.9 Å². The molecule has 0 amide bonds. The van der Waals surface area contributed by atoms with Gasteiger partial charge < -0.3 is 20.8 Å². The molecular weight excluding hydrogens is 121 g/mol. The molecule has 56 valence electrons. The Hall–Kier alpha value is -0.0951. The van der Waals surface area contributed by atoms with Crippen LogP contribution in [0.5, 0.6) is 0 Å². The SMILES string of the molecule is CC(C)(C)N.OB(O)O. The van der Waals surface area contributed by atoms with Gasteiger partial charge in [0.05, 0.1) is 0 Å². The van der Waals surface area contributed by atoms with Crippen molar-refractivity contribution in [3.05, 3.63) is 0 Å². The number of hydrogen-bond donors (Lipinski definition) is 4. The second-order valence-electron chi connectivity index (χ2n) is 2.71. The summed E-state index contributed by atoms with van der Waals surface area (Å²) >= 11 is 0. The highest BCUT2D eigenvalue weighted by Gasteiger charge is 1.95. The molecule has 0 heterocycles. The van der Waals surface area contributed by atoms with Gasteiger partial charge in [0, 0.05) is 5.54 Å². The van der Waals surface area contributed by atoms with Crippen molar-refractivity contribution >= 4 is 7.32 Å². The van der Waals surface area contributed by atoms with E-state index in [0.29, 0.717) is 0 Å². The van der Waals surface area contributed by atoms with Crippen LogP contribution < -0.4 is 5.73 Å². The average Bonchev–Trinajstić information content (AvgIpc) is 1.19. The minimum absolute atomic E-state index is 0. The molecular formula is C4H14BNO3. The van der Waals surface area contributed by atoms with Crippen molar-refractivity contribution in [3.8, 4) is 0 Å². The first-order valence-electron chi connectivity index (χ1n) is 2.56. The summed E-state index contributed by atoms with van der Waals surface area (Å²) in [6, 6.07) is 0. The fourth-order valence-electron chi connectivity index (χ4n) is 0. The lowest BCUT2D eigenvalue weighted by Gasteiger charge is -2.06. The molecule has 0 spiro atoms. The van der Waals surface area contributed by atoms with Gasteiger partial charge >= 0.3 is 7.32 Å². The maximum atomic E-state index is 7.17. The number of rotatable bonds is 0. The molecule has 5 heteroatoms. The van der Waals surface area contributed by atoms with Crippen LogP contribution in [0.15, 0.2) is 0 Å². The van der Waals surface area contributed by atoms with Gasteiger partial charge in [-0.3, -0.25) is 0 Å². The highest BCUT2D eigenvalue weighted by atomic mass is 16.5. The van der Waals surface area contributed by atoms with Gasteiger partial charge in [-0.05, 0) is 20.8 Å². The van der Waals surface area contributed by atoms with Crippen molar-refractivity contribution in [1.29, 1.82) is 0 Å². The summed E-state index contributed by atoms with van der Waals surface area (Å²) in [4.78, 5) is 0. The maximum absolute atomic E-state index is 7.17. The van der Waals surface area contributed by atoms with Crippen molar-refractivity contribution in [2.24, 2.45) is 5.73 Å². The van der Waals surface area contributed by atoms with Crippen molar-refractivity contribution in [1.82, 2.24) is 0 Å². The predicted octanol–water partition coefficient (Wildman–Crippen LogP) is -1.31. The van der Waals surface area contributed by atoms with E-state index in [1.807, 2.05) is 20.8 Å². The van der Waals surface area contributed by atoms with Crippen LogP contribution in [0, 0.1) is 0 Å². The largest absolute Gasteiger partial charge is 0.631 e. The molecule has 0 aromatic rings. The lowest BCUT2D eigenvalue weighted by atomic mass is 10.1. The summed E-state index contributed by atoms with van der Waals surface area (Å²) in [5.74, 6) is 0. The minimum Gasteiger partial charge on any atom is -0.402 e. The molecule has 0 aromatic heterocycles. The molecule has 0 aromatic carbocycles. The van der Waals surface area contributed by atoms with Crippen LogP contribution in [0.3, 0.4) is 0 Å². The molecule has 0 radical (unpaired) electrons. The molecule has 4 nitrogen and oxygen atoms in total. The van der Waals surface area contributed by atoms with E-state index in [-0.39, 0.29) is 5.54 Å². The lowest BCUT2D eigenvalue weighted by Crippen LogP contribution is -2.26. The molecule has 0 unspecified atom stereocenters. The zero-order valence-electron chi connectivity index (χ0n) is 6.00. The van der Waals surface area contributed by atoms with Gasteiger partial charge in [0.25, 0.3) is 0 Å². The van der Waals surface area contributed by atoms with Gasteiger partial charge in [0.2, 0.25) is 0 Å². The molecule has 0 saturated carbocycles. The zero-order valence-corrected chi connectivity index (χ0v) is 6.00. The van der Waals surface area contributed by atoms with Crippen molar-refractivity contribution < 1.29 is 15.1 Å². The Balaban J connectivity index is 0. The van der Waals surface area contributed by atoms with E-state index < -0.39 is 7.32 Å². The second kappa shape index (κ2) is 4.75. The molecule has 0 bridgehead atoms. The fourth-order valence-corrected chi connectivity index (χ4v) is 0. The van der Waals surface area contributed by atoms with Crippen LogP contribution in [0.4, 0.5) is 0 Å². The first-order chi connectivity index (χ1) is 3.73. The Morgan fingerprint density at radius 2 is 1.11 bits per heavy atom. The summed E-state index contributed by atoms with van der Waals surface area (Å²) in [5, 5.41) is 21.5. The molecule has 0 atom stereocenters. The Morgan fingerprint density at radius 1 is 1.11 bits per heavy atom. The van der Waals surface area contributed by atoms with Crippen molar-refractivity contribution in [3.63, 3.8) is 0 Å². The quantitative estimate of drug-likeness (QED) is 0.310. The lowest BCUT2D eigenvalue weighted by molar-refractivity contribution is 0.278. The van der Waals surface area contributed by atoms with Crippen LogP contribution in [0.25, 0.3) is 0 Å². The number of hydrogen-bond acceptors (Lipinski definition) is 4. The highest BCUT2D eigenvalue weighted by molar-refractivity contribution is 6.30. The maximum Gasteiger partial charge on any atom is 0.631 e. The summed E-state index contributed by atoms with van der Waals surface area (Å²) in [5.41, 5.74) is 5.35. The standard InChI is InChI=1S/C4H11N.BH3O3/c1-4(2,3)5;2-1(3)4/h5H2,1-3H3;2-4H. The van der Waals surface area contributed by atoms with E-state index in [1.54, 1.807) is 0 Å². The predicted molar refractivity (Wildman–Crippen MR) is 36.4 cm³/mol. The van der Waals surface area contributed by atoms with Crippen LogP contribution >= 0.6 is 0 Å². The third-order valence-corrected chi connectivity index (χ3v) is 0. The highest BCUT2D eigenvalue weighted by Crippen LogP contribution is 1.88. The van der Waals surface area contributed by atoms with E-state index in [1.165, 1.54) is 0 Å². The molecule has 5 N–H and O–H groups in total. The van der Waals surface area contributed by atoms with Gasteiger partial charge in [-0.15, -0.1) is 0 Å². The van der Waals surface area contributed by atoms with E-state index in [2.05, 4.69) is 0 Å². The average molecular weight is 135 g/mol. The zero-order chi connectivity index (χ0) is 8.08. The van der Waals surface area contributed by atoms with Gasteiger partial charge in [-0.1, -0.05) is 0 Å². The third-order valence-electron chi connectivity index (χ3n) is 0. The van der Waals surface area contributed by atoms with Gasteiger partial charge in [0.15, 0.2) is 0 Å². The van der Waals surface area contributed by atoms with Gasteiger partial charge in [0.1, 0.15) is 0 Å². The molecule has 0 saturated heterocycles. The second-order valence-corrected chi connectivity index (χ2v) is 2.71. The monoisotopic (exact) mass is 135 g/mol. The van der Waals surface area contributed by atoms with Crippen LogP contribution in [0.2, 0.25) is 0 Å². The van der Waals surface area contributed by atoms with E-state index >= 15 is 0 Å². The molecule has 0 aliphatic rings. The number of nitrogens with two attached hydrogens (primary N) is 1. The van der Waals surface area contributed by atoms with Crippen LogP contribution in [-0.2, 0) is 0 Å². The first kappa shape index (κ1) is 11.7. The first-order valence-corrected chi connectivity index (χ1v) is 2.56. The summed E-state index contributed by atoms with van der Waals surface area (Å²) in [6.07, 6.45) is 0. The normalized spacial score (nSPS) is 9.67. The van der Waals surface area contributed by atoms with E-state index in [9.17, 15) is 0 Å². The molecule has 0 rings (SSSR count). The van der Waals surface area contributed by atoms with E-state index in [4.69, 9.17) is 20.8 Å². The summed E-state index contributed by atoms with van der Waals surface area (Å²) in [6.45, 7) is 5.90. The van der Waals surface area contributed by atoms with Crippen molar-refractivity contribution in [2.75, 3.05) is 0 Å². The smallest absolute Gasteiger partial charge is 0.402 e. The van der Waals surface area contributed by atoms with E-state index in [0.717, 1.165) is 0 Å². The Kier molecular flexibility index (Phi) is 6.16. The molecule has 9 heavy (non-hydrogen) atoms. The Morgan fingerprint density at radius 3 is 1.11 bits per heavy atom. The molecule has 0 aliphatic carbocycles. The fraction of sp³-hybridized carbons (Fsp3) is 1.00. The molecule has 0 fully saturated rings. The topological polar surface area (TPSA) is 86.7 Å². The summed E-state index contributed by atoms with van der Waals surface area (Å²) < 4.78 is 0. The van der Waals surface area contributed by atoms with Gasteiger partial charge in [-0.25, -0.2) is 0 Å².